The molecule has 0 aliphatic heterocycles. The minimum Gasteiger partial charge on any atom is -0.476 e. The maximum atomic E-state index is 12.2. The monoisotopic (exact) mass is 305 g/mol. The highest BCUT2D eigenvalue weighted by molar-refractivity contribution is 7.89. The molecule has 0 radical (unpaired) electrons. The van der Waals surface area contributed by atoms with Gasteiger partial charge in [0, 0.05) is 0 Å². The Hall–Kier alpha value is -1.94. The third kappa shape index (κ3) is 2.96. The zero-order valence-electron chi connectivity index (χ0n) is 11.3. The molecule has 3 N–H and O–H groups in total. The summed E-state index contributed by atoms with van der Waals surface area (Å²) in [5, 5.41) is 14.6. The SMILES string of the molecule is COC(=O)C(C)(C)NS(=O)(=O)c1c(C(=O)O)n[nH]c1C. The fourth-order valence-electron chi connectivity index (χ4n) is 1.58. The number of nitrogens with zero attached hydrogens (tertiary/aromatic N) is 1. The molecule has 1 rings (SSSR count). The summed E-state index contributed by atoms with van der Waals surface area (Å²) in [6.45, 7) is 3.96. The van der Waals surface area contributed by atoms with Crippen LogP contribution in [0.4, 0.5) is 0 Å². The Kier molecular flexibility index (Phi) is 4.20. The van der Waals surface area contributed by atoms with E-state index in [0.29, 0.717) is 0 Å². The number of carbonyl (C=O) groups excluding carboxylic acids is 1. The molecule has 0 unspecified atom stereocenters. The number of aromatic nitrogens is 2. The average molecular weight is 305 g/mol. The number of sulfonamides is 1. The number of aryl methyl sites for hydroxylation is 1. The Morgan fingerprint density at radius 1 is 1.40 bits per heavy atom. The highest BCUT2D eigenvalue weighted by atomic mass is 32.2. The van der Waals surface area contributed by atoms with E-state index in [1.165, 1.54) is 20.8 Å². The molecule has 0 aliphatic carbocycles. The van der Waals surface area contributed by atoms with Gasteiger partial charge in [-0.1, -0.05) is 0 Å². The normalized spacial score (nSPS) is 12.2. The third-order valence-electron chi connectivity index (χ3n) is 2.45. The summed E-state index contributed by atoms with van der Waals surface area (Å²) in [6, 6.07) is 0. The summed E-state index contributed by atoms with van der Waals surface area (Å²) in [6.07, 6.45) is 0. The van der Waals surface area contributed by atoms with E-state index >= 15 is 0 Å². The fraction of sp³-hybridized carbons (Fsp3) is 0.500. The van der Waals surface area contributed by atoms with Gasteiger partial charge < -0.3 is 9.84 Å². The molecule has 1 heterocycles. The van der Waals surface area contributed by atoms with Crippen molar-refractivity contribution >= 4 is 22.0 Å². The molecule has 112 valence electrons. The van der Waals surface area contributed by atoms with Gasteiger partial charge in [-0.2, -0.15) is 9.82 Å². The van der Waals surface area contributed by atoms with Gasteiger partial charge in [0.15, 0.2) is 5.69 Å². The molecular weight excluding hydrogens is 290 g/mol. The molecule has 0 spiro atoms. The molecule has 0 atom stereocenters. The second kappa shape index (κ2) is 5.21. The Morgan fingerprint density at radius 2 is 1.95 bits per heavy atom. The Labute approximate surface area is 115 Å². The van der Waals surface area contributed by atoms with Gasteiger partial charge in [-0.25, -0.2) is 13.2 Å². The number of hydrogen-bond donors (Lipinski definition) is 3. The minimum atomic E-state index is -4.26. The smallest absolute Gasteiger partial charge is 0.357 e. The van der Waals surface area contributed by atoms with Gasteiger partial charge in [0.2, 0.25) is 10.0 Å². The van der Waals surface area contributed by atoms with Gasteiger partial charge in [0.1, 0.15) is 10.4 Å². The van der Waals surface area contributed by atoms with Crippen LogP contribution in [-0.2, 0) is 19.6 Å². The minimum absolute atomic E-state index is 0.0514. The number of aromatic amines is 1. The van der Waals surface area contributed by atoms with Crippen LogP contribution < -0.4 is 4.72 Å². The molecule has 0 aromatic carbocycles. The molecule has 20 heavy (non-hydrogen) atoms. The van der Waals surface area contributed by atoms with Gasteiger partial charge in [0.25, 0.3) is 0 Å². The van der Waals surface area contributed by atoms with E-state index in [0.717, 1.165) is 7.11 Å². The number of H-pyrrole nitrogens is 1. The van der Waals surface area contributed by atoms with Crippen LogP contribution in [-0.4, -0.2) is 48.3 Å². The number of rotatable bonds is 5. The van der Waals surface area contributed by atoms with Crippen molar-refractivity contribution in [3.63, 3.8) is 0 Å². The number of nitrogens with one attached hydrogen (secondary N) is 2. The lowest BCUT2D eigenvalue weighted by Crippen LogP contribution is -2.50. The summed E-state index contributed by atoms with van der Waals surface area (Å²) < 4.78 is 31.0. The molecule has 0 saturated heterocycles. The molecule has 10 heteroatoms. The van der Waals surface area contributed by atoms with Crippen molar-refractivity contribution in [1.82, 2.24) is 14.9 Å². The Balaban J connectivity index is 3.29. The largest absolute Gasteiger partial charge is 0.476 e. The fourth-order valence-corrected chi connectivity index (χ4v) is 3.27. The van der Waals surface area contributed by atoms with E-state index in [9.17, 15) is 18.0 Å². The van der Waals surface area contributed by atoms with Crippen molar-refractivity contribution in [3.05, 3.63) is 11.4 Å². The van der Waals surface area contributed by atoms with E-state index in [-0.39, 0.29) is 5.69 Å². The first-order chi connectivity index (χ1) is 9.03. The molecule has 0 saturated carbocycles. The van der Waals surface area contributed by atoms with Gasteiger partial charge in [-0.3, -0.25) is 9.89 Å². The summed E-state index contributed by atoms with van der Waals surface area (Å²) in [7, 11) is -3.15. The molecule has 9 nitrogen and oxygen atoms in total. The van der Waals surface area contributed by atoms with Crippen LogP contribution in [0.2, 0.25) is 0 Å². The summed E-state index contributed by atoms with van der Waals surface area (Å²) in [4.78, 5) is 22.0. The predicted octanol–water partition coefficient (Wildman–Crippen LogP) is -0.354. The Bertz CT molecular complexity index is 646. The van der Waals surface area contributed by atoms with Crippen molar-refractivity contribution in [1.29, 1.82) is 0 Å². The number of carbonyl (C=O) groups is 2. The average Bonchev–Trinajstić information content (AvgIpc) is 2.69. The van der Waals surface area contributed by atoms with E-state index in [4.69, 9.17) is 5.11 Å². The van der Waals surface area contributed by atoms with Crippen LogP contribution in [0.3, 0.4) is 0 Å². The predicted molar refractivity (Wildman–Crippen MR) is 66.7 cm³/mol. The van der Waals surface area contributed by atoms with E-state index in [2.05, 4.69) is 19.7 Å². The third-order valence-corrected chi connectivity index (χ3v) is 4.26. The van der Waals surface area contributed by atoms with Gasteiger partial charge >= 0.3 is 11.9 Å². The molecule has 1 aromatic heterocycles. The standard InChI is InChI=1S/C10H15N3O6S/c1-5-7(6(8(14)15)12-11-5)20(17,18)13-10(2,3)9(16)19-4/h13H,1-4H3,(H,11,12)(H,14,15). The molecule has 0 aliphatic rings. The van der Waals surface area contributed by atoms with Crippen LogP contribution in [0, 0.1) is 6.92 Å². The number of carboxylic acids is 1. The molecule has 1 aromatic rings. The van der Waals surface area contributed by atoms with Crippen molar-refractivity contribution in [2.75, 3.05) is 7.11 Å². The lowest BCUT2D eigenvalue weighted by molar-refractivity contribution is -0.146. The highest BCUT2D eigenvalue weighted by Crippen LogP contribution is 2.20. The number of hydrogen-bond acceptors (Lipinski definition) is 6. The summed E-state index contributed by atoms with van der Waals surface area (Å²) in [5.41, 5.74) is -2.14. The lowest BCUT2D eigenvalue weighted by atomic mass is 10.1. The van der Waals surface area contributed by atoms with Crippen molar-refractivity contribution in [2.24, 2.45) is 0 Å². The summed E-state index contributed by atoms with van der Waals surface area (Å²) >= 11 is 0. The quantitative estimate of drug-likeness (QED) is 0.632. The van der Waals surface area contributed by atoms with Crippen LogP contribution in [0.25, 0.3) is 0 Å². The first-order valence-electron chi connectivity index (χ1n) is 5.43. The highest BCUT2D eigenvalue weighted by Gasteiger charge is 2.37. The van der Waals surface area contributed by atoms with Crippen molar-refractivity contribution in [3.8, 4) is 0 Å². The zero-order valence-corrected chi connectivity index (χ0v) is 12.2. The molecule has 0 bridgehead atoms. The van der Waals surface area contributed by atoms with E-state index in [1.54, 1.807) is 0 Å². The van der Waals surface area contributed by atoms with Gasteiger partial charge in [0.05, 0.1) is 12.8 Å². The maximum absolute atomic E-state index is 12.2. The maximum Gasteiger partial charge on any atom is 0.357 e. The zero-order chi connectivity index (χ0) is 15.7. The van der Waals surface area contributed by atoms with Crippen LogP contribution in [0.15, 0.2) is 4.90 Å². The van der Waals surface area contributed by atoms with Crippen LogP contribution in [0.5, 0.6) is 0 Å². The van der Waals surface area contributed by atoms with E-state index < -0.39 is 38.1 Å². The molecule has 0 amide bonds. The number of methoxy groups -OCH3 is 1. The number of esters is 1. The number of aromatic carboxylic acids is 1. The van der Waals surface area contributed by atoms with Gasteiger partial charge in [-0.05, 0) is 20.8 Å². The molecular formula is C10H15N3O6S. The second-order valence-corrected chi connectivity index (χ2v) is 6.17. The molecule has 0 fully saturated rings. The Morgan fingerprint density at radius 3 is 2.40 bits per heavy atom. The number of carboxylic acid groups (broad SMARTS) is 1. The van der Waals surface area contributed by atoms with Crippen LogP contribution >= 0.6 is 0 Å². The topological polar surface area (TPSA) is 138 Å². The van der Waals surface area contributed by atoms with Crippen molar-refractivity contribution in [2.45, 2.75) is 31.2 Å². The van der Waals surface area contributed by atoms with E-state index in [1.807, 2.05) is 0 Å². The lowest BCUT2D eigenvalue weighted by Gasteiger charge is -2.22. The summed E-state index contributed by atoms with van der Waals surface area (Å²) in [5.74, 6) is -2.30. The first kappa shape index (κ1) is 16.1. The number of ether oxygens (including phenoxy) is 1. The van der Waals surface area contributed by atoms with Gasteiger partial charge in [-0.15, -0.1) is 0 Å². The van der Waals surface area contributed by atoms with Crippen LogP contribution in [0.1, 0.15) is 30.0 Å². The first-order valence-corrected chi connectivity index (χ1v) is 6.92. The van der Waals surface area contributed by atoms with Crippen molar-refractivity contribution < 1.29 is 27.9 Å². The second-order valence-electron chi connectivity index (χ2n) is 4.55.